The zero-order valence-electron chi connectivity index (χ0n) is 13.1. The number of benzene rings is 1. The molecule has 23 heavy (non-hydrogen) atoms. The van der Waals surface area contributed by atoms with Crippen molar-refractivity contribution in [2.75, 3.05) is 0 Å². The number of carbonyl (C=O) groups is 1. The van der Waals surface area contributed by atoms with Crippen LogP contribution in [-0.2, 0) is 11.8 Å². The Labute approximate surface area is 135 Å². The van der Waals surface area contributed by atoms with Crippen LogP contribution in [0.25, 0.3) is 0 Å². The Bertz CT molecular complexity index is 688. The molecular formula is C18H23NO4. The maximum absolute atomic E-state index is 11.6. The van der Waals surface area contributed by atoms with Crippen LogP contribution in [0, 0.1) is 5.92 Å². The number of phenols is 1. The number of aliphatic hydroxyl groups excluding tert-OH is 1. The number of rotatable bonds is 1. The van der Waals surface area contributed by atoms with E-state index < -0.39 is 23.0 Å². The highest BCUT2D eigenvalue weighted by Crippen LogP contribution is 2.62. The van der Waals surface area contributed by atoms with Crippen LogP contribution in [0.5, 0.6) is 5.75 Å². The van der Waals surface area contributed by atoms with Crippen molar-refractivity contribution in [1.29, 1.82) is 0 Å². The summed E-state index contributed by atoms with van der Waals surface area (Å²) in [6.07, 6.45) is 4.42. The van der Waals surface area contributed by atoms with E-state index in [1.54, 1.807) is 6.07 Å². The molecule has 3 aliphatic rings. The highest BCUT2D eigenvalue weighted by molar-refractivity contribution is 5.96. The third-order valence-corrected chi connectivity index (χ3v) is 6.58. The average Bonchev–Trinajstić information content (AvgIpc) is 2.47. The third kappa shape index (κ3) is 1.78. The number of fused-ring (bicyclic) bond motifs is 1. The fraction of sp³-hybridized carbons (Fsp3) is 0.611. The van der Waals surface area contributed by atoms with Crippen LogP contribution in [0.1, 0.15) is 60.0 Å². The summed E-state index contributed by atoms with van der Waals surface area (Å²) in [4.78, 5) is 11.6. The first-order valence-corrected chi connectivity index (χ1v) is 8.44. The number of primary amides is 1. The maximum Gasteiger partial charge on any atom is 0.252 e. The van der Waals surface area contributed by atoms with Gasteiger partial charge in [-0.3, -0.25) is 4.79 Å². The summed E-state index contributed by atoms with van der Waals surface area (Å²) in [6.45, 7) is 0. The number of carbonyl (C=O) groups excluding carboxylic acids is 1. The van der Waals surface area contributed by atoms with Crippen LogP contribution in [0.2, 0.25) is 0 Å². The Balaban J connectivity index is 2.00. The zero-order chi connectivity index (χ0) is 16.4. The second-order valence-electron chi connectivity index (χ2n) is 7.56. The minimum atomic E-state index is -0.911. The molecule has 0 aliphatic heterocycles. The molecule has 5 N–H and O–H groups in total. The number of aromatic hydroxyl groups is 1. The minimum absolute atomic E-state index is 0.0946. The Morgan fingerprint density at radius 1 is 1.26 bits per heavy atom. The van der Waals surface area contributed by atoms with Gasteiger partial charge < -0.3 is 21.1 Å². The average molecular weight is 317 g/mol. The summed E-state index contributed by atoms with van der Waals surface area (Å²) in [5.41, 5.74) is 5.55. The van der Waals surface area contributed by atoms with Crippen molar-refractivity contribution in [3.63, 3.8) is 0 Å². The van der Waals surface area contributed by atoms with Gasteiger partial charge in [0, 0.05) is 11.0 Å². The van der Waals surface area contributed by atoms with Gasteiger partial charge in [-0.2, -0.15) is 0 Å². The van der Waals surface area contributed by atoms with Crippen LogP contribution in [0.4, 0.5) is 0 Å². The molecular weight excluding hydrogens is 294 g/mol. The molecule has 5 heteroatoms. The highest BCUT2D eigenvalue weighted by Gasteiger charge is 2.63. The van der Waals surface area contributed by atoms with Gasteiger partial charge in [0.1, 0.15) is 5.75 Å². The summed E-state index contributed by atoms with van der Waals surface area (Å²) in [5, 5.41) is 32.6. The van der Waals surface area contributed by atoms with Gasteiger partial charge in [-0.1, -0.05) is 12.5 Å². The van der Waals surface area contributed by atoms with E-state index in [0.29, 0.717) is 31.2 Å². The van der Waals surface area contributed by atoms with Gasteiger partial charge in [0.15, 0.2) is 0 Å². The molecule has 2 saturated carbocycles. The van der Waals surface area contributed by atoms with Gasteiger partial charge in [-0.15, -0.1) is 0 Å². The molecule has 4 rings (SSSR count). The van der Waals surface area contributed by atoms with E-state index in [1.165, 1.54) is 0 Å². The highest BCUT2D eigenvalue weighted by atomic mass is 16.3. The first kappa shape index (κ1) is 15.0. The molecule has 124 valence electrons. The predicted molar refractivity (Wildman–Crippen MR) is 84.2 cm³/mol. The van der Waals surface area contributed by atoms with Gasteiger partial charge >= 0.3 is 0 Å². The molecule has 0 spiro atoms. The molecule has 0 saturated heterocycles. The lowest BCUT2D eigenvalue weighted by atomic mass is 9.45. The van der Waals surface area contributed by atoms with Crippen LogP contribution in [0.3, 0.4) is 0 Å². The third-order valence-electron chi connectivity index (χ3n) is 6.58. The molecule has 1 amide bonds. The Kier molecular flexibility index (Phi) is 3.06. The van der Waals surface area contributed by atoms with E-state index in [9.17, 15) is 20.1 Å². The summed E-state index contributed by atoms with van der Waals surface area (Å²) in [6, 6.07) is 3.43. The van der Waals surface area contributed by atoms with Crippen molar-refractivity contribution in [2.45, 2.75) is 62.1 Å². The lowest BCUT2D eigenvalue weighted by Gasteiger charge is -2.61. The molecule has 1 unspecified atom stereocenters. The molecule has 0 heterocycles. The van der Waals surface area contributed by atoms with Crippen molar-refractivity contribution >= 4 is 5.91 Å². The summed E-state index contributed by atoms with van der Waals surface area (Å²) in [5.74, 6) is -0.613. The van der Waals surface area contributed by atoms with Crippen molar-refractivity contribution in [2.24, 2.45) is 11.7 Å². The summed E-state index contributed by atoms with van der Waals surface area (Å²) < 4.78 is 0. The van der Waals surface area contributed by atoms with Gasteiger partial charge in [0.2, 0.25) is 0 Å². The van der Waals surface area contributed by atoms with Crippen molar-refractivity contribution in [3.05, 3.63) is 28.8 Å². The monoisotopic (exact) mass is 317 g/mol. The van der Waals surface area contributed by atoms with E-state index in [4.69, 9.17) is 5.73 Å². The van der Waals surface area contributed by atoms with Gasteiger partial charge in [-0.25, -0.2) is 0 Å². The quantitative estimate of drug-likeness (QED) is 0.628. The number of amides is 1. The smallest absolute Gasteiger partial charge is 0.252 e. The predicted octanol–water partition coefficient (Wildman–Crippen LogP) is 1.36. The Morgan fingerprint density at radius 2 is 2.04 bits per heavy atom. The van der Waals surface area contributed by atoms with Crippen LogP contribution >= 0.6 is 0 Å². The normalized spacial score (nSPS) is 38.5. The second kappa shape index (κ2) is 4.71. The molecule has 3 aliphatic carbocycles. The minimum Gasteiger partial charge on any atom is -0.507 e. The molecule has 5 nitrogen and oxygen atoms in total. The van der Waals surface area contributed by atoms with Crippen molar-refractivity contribution in [3.8, 4) is 5.75 Å². The Hall–Kier alpha value is -1.59. The first-order valence-electron chi connectivity index (χ1n) is 8.44. The van der Waals surface area contributed by atoms with E-state index in [2.05, 4.69) is 0 Å². The molecule has 2 fully saturated rings. The van der Waals surface area contributed by atoms with E-state index in [1.807, 2.05) is 6.07 Å². The van der Waals surface area contributed by atoms with E-state index in [0.717, 1.165) is 24.8 Å². The first-order chi connectivity index (χ1) is 10.9. The molecule has 0 aromatic heterocycles. The lowest BCUT2D eigenvalue weighted by Crippen LogP contribution is -2.65. The van der Waals surface area contributed by atoms with E-state index >= 15 is 0 Å². The maximum atomic E-state index is 11.6. The topological polar surface area (TPSA) is 104 Å². The Morgan fingerprint density at radius 3 is 2.78 bits per heavy atom. The largest absolute Gasteiger partial charge is 0.507 e. The molecule has 0 radical (unpaired) electrons. The lowest BCUT2D eigenvalue weighted by molar-refractivity contribution is -0.165. The zero-order valence-corrected chi connectivity index (χ0v) is 13.1. The molecule has 2 bridgehead atoms. The van der Waals surface area contributed by atoms with Crippen molar-refractivity contribution in [1.82, 2.24) is 0 Å². The molecule has 4 atom stereocenters. The van der Waals surface area contributed by atoms with Crippen LogP contribution in [-0.4, -0.2) is 32.9 Å². The van der Waals surface area contributed by atoms with E-state index in [-0.39, 0.29) is 17.2 Å². The number of nitrogens with two attached hydrogens (primary N) is 1. The molecule has 1 aromatic rings. The summed E-state index contributed by atoms with van der Waals surface area (Å²) >= 11 is 0. The van der Waals surface area contributed by atoms with Gasteiger partial charge in [0.05, 0.1) is 17.3 Å². The van der Waals surface area contributed by atoms with Crippen LogP contribution < -0.4 is 5.73 Å². The SMILES string of the molecule is NC(=O)c1ccc2c(c1O)[C@]13CCC[C@H](C2)[C@]1(O)CCC(O)C3. The van der Waals surface area contributed by atoms with Crippen molar-refractivity contribution < 1.29 is 20.1 Å². The standard InChI is InChI=1S/C18H23NO4/c19-16(22)13-4-3-10-8-11-2-1-6-17(14(10)15(13)21)9-12(20)5-7-18(11,17)23/h3-4,11-12,20-21,23H,1-2,5-9H2,(H2,19,22)/t11-,12?,17-,18-/m1/s1. The van der Waals surface area contributed by atoms with Gasteiger partial charge in [-0.05, 0) is 56.1 Å². The fourth-order valence-corrected chi connectivity index (χ4v) is 5.63. The molecule has 1 aromatic carbocycles. The number of hydrogen-bond acceptors (Lipinski definition) is 4. The fourth-order valence-electron chi connectivity index (χ4n) is 5.63. The van der Waals surface area contributed by atoms with Crippen LogP contribution in [0.15, 0.2) is 12.1 Å². The second-order valence-corrected chi connectivity index (χ2v) is 7.56. The number of hydrogen-bond donors (Lipinski definition) is 4. The number of aliphatic hydroxyl groups is 2. The summed E-state index contributed by atoms with van der Waals surface area (Å²) in [7, 11) is 0. The van der Waals surface area contributed by atoms with Gasteiger partial charge in [0.25, 0.3) is 5.91 Å².